The Morgan fingerprint density at radius 3 is 2.65 bits per heavy atom. The summed E-state index contributed by atoms with van der Waals surface area (Å²) in [6.45, 7) is 4.43. The highest BCUT2D eigenvalue weighted by atomic mass is 32.1. The van der Waals surface area contributed by atoms with E-state index < -0.39 is 0 Å². The van der Waals surface area contributed by atoms with Gasteiger partial charge in [-0.05, 0) is 24.7 Å². The number of aromatic nitrogens is 2. The third kappa shape index (κ3) is 2.57. The van der Waals surface area contributed by atoms with Crippen LogP contribution >= 0.6 is 11.3 Å². The Hall–Kier alpha value is -1.17. The van der Waals surface area contributed by atoms with Crippen LogP contribution in [0.15, 0.2) is 0 Å². The average molecular weight is 254 g/mol. The molecule has 1 fully saturated rings. The fraction of sp³-hybridized carbons (Fsp3) is 0.727. The quantitative estimate of drug-likeness (QED) is 0.862. The zero-order chi connectivity index (χ0) is 12.4. The van der Waals surface area contributed by atoms with Gasteiger partial charge in [0.25, 0.3) is 5.91 Å². The predicted molar refractivity (Wildman–Crippen MR) is 68.3 cm³/mol. The van der Waals surface area contributed by atoms with Crippen LogP contribution < -0.4 is 10.6 Å². The molecular formula is C11H18N4OS. The van der Waals surface area contributed by atoms with Crippen molar-refractivity contribution in [1.82, 2.24) is 15.5 Å². The highest BCUT2D eigenvalue weighted by molar-refractivity contribution is 7.17. The first-order valence-corrected chi connectivity index (χ1v) is 6.75. The Labute approximate surface area is 105 Å². The van der Waals surface area contributed by atoms with Crippen LogP contribution in [0.25, 0.3) is 0 Å². The van der Waals surface area contributed by atoms with Crippen molar-refractivity contribution in [3.8, 4) is 0 Å². The summed E-state index contributed by atoms with van der Waals surface area (Å²) in [6.07, 6.45) is 2.25. The first-order chi connectivity index (χ1) is 8.11. The van der Waals surface area contributed by atoms with Gasteiger partial charge in [-0.2, -0.15) is 0 Å². The lowest BCUT2D eigenvalue weighted by Gasteiger charge is -2.18. The number of amides is 1. The molecule has 2 rings (SSSR count). The van der Waals surface area contributed by atoms with Crippen molar-refractivity contribution in [3.05, 3.63) is 5.01 Å². The number of nitrogens with zero attached hydrogens (tertiary/aromatic N) is 2. The molecule has 3 atom stereocenters. The summed E-state index contributed by atoms with van der Waals surface area (Å²) in [5.74, 6) is 1.12. The predicted octanol–water partition coefficient (Wildman–Crippen LogP) is 1.74. The molecule has 94 valence electrons. The maximum Gasteiger partial charge on any atom is 0.282 e. The molecule has 6 heteroatoms. The van der Waals surface area contributed by atoms with E-state index in [1.54, 1.807) is 7.05 Å². The number of hydrogen-bond donors (Lipinski definition) is 2. The molecule has 1 saturated carbocycles. The Morgan fingerprint density at radius 2 is 2.12 bits per heavy atom. The van der Waals surface area contributed by atoms with Crippen molar-refractivity contribution >= 4 is 22.4 Å². The summed E-state index contributed by atoms with van der Waals surface area (Å²) in [7, 11) is 1.77. The van der Waals surface area contributed by atoms with Gasteiger partial charge in [-0.3, -0.25) is 4.79 Å². The van der Waals surface area contributed by atoms with E-state index in [0.717, 1.165) is 6.42 Å². The van der Waals surface area contributed by atoms with E-state index in [2.05, 4.69) is 34.7 Å². The van der Waals surface area contributed by atoms with E-state index in [0.29, 0.717) is 22.0 Å². The van der Waals surface area contributed by atoms with Gasteiger partial charge in [0, 0.05) is 13.1 Å². The summed E-state index contributed by atoms with van der Waals surface area (Å²) in [6, 6.07) is 0.277. The van der Waals surface area contributed by atoms with Gasteiger partial charge in [-0.25, -0.2) is 0 Å². The van der Waals surface area contributed by atoms with Crippen molar-refractivity contribution in [1.29, 1.82) is 0 Å². The molecule has 1 amide bonds. The topological polar surface area (TPSA) is 66.9 Å². The van der Waals surface area contributed by atoms with Gasteiger partial charge in [-0.1, -0.05) is 25.2 Å². The largest absolute Gasteiger partial charge is 0.363 e. The molecule has 3 unspecified atom stereocenters. The van der Waals surface area contributed by atoms with Crippen LogP contribution in [-0.4, -0.2) is 29.2 Å². The standard InChI is InChI=1S/C11H18N4OS/c1-6-4-5-8(7(6)2)13-9(16)10-14-15-11(12-3)17-10/h6-8H,4-5H2,1-3H3,(H,12,15)(H,13,16). The van der Waals surface area contributed by atoms with E-state index in [9.17, 15) is 4.79 Å². The van der Waals surface area contributed by atoms with Gasteiger partial charge in [0.1, 0.15) is 0 Å². The molecule has 1 aromatic rings. The molecule has 1 aromatic heterocycles. The van der Waals surface area contributed by atoms with Crippen molar-refractivity contribution < 1.29 is 4.79 Å². The third-order valence-corrected chi connectivity index (χ3v) is 4.55. The highest BCUT2D eigenvalue weighted by Gasteiger charge is 2.31. The number of rotatable bonds is 3. The van der Waals surface area contributed by atoms with Crippen LogP contribution in [0.3, 0.4) is 0 Å². The van der Waals surface area contributed by atoms with Crippen LogP contribution in [0.2, 0.25) is 0 Å². The zero-order valence-electron chi connectivity index (χ0n) is 10.4. The molecule has 5 nitrogen and oxygen atoms in total. The fourth-order valence-corrected chi connectivity index (χ4v) is 2.81. The van der Waals surface area contributed by atoms with E-state index in [1.165, 1.54) is 17.8 Å². The number of carbonyl (C=O) groups excluding carboxylic acids is 1. The van der Waals surface area contributed by atoms with Crippen molar-refractivity contribution in [3.63, 3.8) is 0 Å². The lowest BCUT2D eigenvalue weighted by atomic mass is 9.98. The summed E-state index contributed by atoms with van der Waals surface area (Å²) >= 11 is 1.28. The van der Waals surface area contributed by atoms with Gasteiger partial charge in [-0.15, -0.1) is 10.2 Å². The van der Waals surface area contributed by atoms with Crippen LogP contribution in [0.5, 0.6) is 0 Å². The Morgan fingerprint density at radius 1 is 1.35 bits per heavy atom. The fourth-order valence-electron chi connectivity index (χ4n) is 2.21. The van der Waals surface area contributed by atoms with Gasteiger partial charge >= 0.3 is 0 Å². The zero-order valence-corrected chi connectivity index (χ0v) is 11.2. The van der Waals surface area contributed by atoms with Crippen molar-refractivity contribution in [2.45, 2.75) is 32.7 Å². The van der Waals surface area contributed by atoms with Crippen molar-refractivity contribution in [2.75, 3.05) is 12.4 Å². The molecule has 0 aliphatic heterocycles. The minimum atomic E-state index is -0.102. The second-order valence-corrected chi connectivity index (χ2v) is 5.63. The molecule has 0 spiro atoms. The Kier molecular flexibility index (Phi) is 3.61. The molecule has 17 heavy (non-hydrogen) atoms. The first-order valence-electron chi connectivity index (χ1n) is 5.94. The maximum absolute atomic E-state index is 12.0. The molecule has 1 aliphatic rings. The molecule has 1 heterocycles. The molecule has 0 radical (unpaired) electrons. The number of anilines is 1. The SMILES string of the molecule is CNc1nnc(C(=O)NC2CCC(C)C2C)s1. The molecule has 0 saturated heterocycles. The summed E-state index contributed by atoms with van der Waals surface area (Å²) in [5.41, 5.74) is 0. The summed E-state index contributed by atoms with van der Waals surface area (Å²) in [5, 5.41) is 14.8. The highest BCUT2D eigenvalue weighted by Crippen LogP contribution is 2.31. The van der Waals surface area contributed by atoms with Gasteiger partial charge in [0.2, 0.25) is 10.1 Å². The number of carbonyl (C=O) groups is 1. The Bertz CT molecular complexity index is 406. The van der Waals surface area contributed by atoms with E-state index >= 15 is 0 Å². The van der Waals surface area contributed by atoms with Gasteiger partial charge in [0.05, 0.1) is 0 Å². The lowest BCUT2D eigenvalue weighted by Crippen LogP contribution is -2.37. The van der Waals surface area contributed by atoms with Gasteiger partial charge < -0.3 is 10.6 Å². The normalized spacial score (nSPS) is 28.1. The van der Waals surface area contributed by atoms with Crippen LogP contribution in [-0.2, 0) is 0 Å². The Balaban J connectivity index is 1.97. The second kappa shape index (κ2) is 5.00. The van der Waals surface area contributed by atoms with Gasteiger partial charge in [0.15, 0.2) is 0 Å². The maximum atomic E-state index is 12.0. The van der Waals surface area contributed by atoms with Crippen LogP contribution in [0.1, 0.15) is 36.5 Å². The van der Waals surface area contributed by atoms with E-state index in [-0.39, 0.29) is 11.9 Å². The number of nitrogens with one attached hydrogen (secondary N) is 2. The summed E-state index contributed by atoms with van der Waals surface area (Å²) in [4.78, 5) is 12.0. The van der Waals surface area contributed by atoms with Crippen LogP contribution in [0, 0.1) is 11.8 Å². The minimum absolute atomic E-state index is 0.102. The van der Waals surface area contributed by atoms with E-state index in [1.807, 2.05) is 0 Å². The lowest BCUT2D eigenvalue weighted by molar-refractivity contribution is 0.0926. The molecular weight excluding hydrogens is 236 g/mol. The average Bonchev–Trinajstić information content (AvgIpc) is 2.91. The minimum Gasteiger partial charge on any atom is -0.363 e. The monoisotopic (exact) mass is 254 g/mol. The smallest absolute Gasteiger partial charge is 0.282 e. The number of hydrogen-bond acceptors (Lipinski definition) is 5. The molecule has 1 aliphatic carbocycles. The molecule has 0 bridgehead atoms. The van der Waals surface area contributed by atoms with Crippen molar-refractivity contribution in [2.24, 2.45) is 11.8 Å². The second-order valence-electron chi connectivity index (χ2n) is 4.66. The first kappa shape index (κ1) is 12.3. The van der Waals surface area contributed by atoms with Crippen LogP contribution in [0.4, 0.5) is 5.13 Å². The third-order valence-electron chi connectivity index (χ3n) is 3.61. The summed E-state index contributed by atoms with van der Waals surface area (Å²) < 4.78 is 0. The van der Waals surface area contributed by atoms with E-state index in [4.69, 9.17) is 0 Å². The molecule has 0 aromatic carbocycles. The molecule has 2 N–H and O–H groups in total.